The summed E-state index contributed by atoms with van der Waals surface area (Å²) in [6.45, 7) is 2.07. The number of hydrogen-bond donors (Lipinski definition) is 1. The van der Waals surface area contributed by atoms with Crippen molar-refractivity contribution in [2.75, 3.05) is 13.2 Å². The van der Waals surface area contributed by atoms with Gasteiger partial charge in [0.15, 0.2) is 0 Å². The van der Waals surface area contributed by atoms with Gasteiger partial charge in [-0.05, 0) is 25.8 Å². The minimum absolute atomic E-state index is 0.0731. The van der Waals surface area contributed by atoms with E-state index in [1.807, 2.05) is 0 Å². The van der Waals surface area contributed by atoms with Crippen molar-refractivity contribution in [1.29, 1.82) is 0 Å². The van der Waals surface area contributed by atoms with E-state index in [4.69, 9.17) is 9.84 Å². The maximum atomic E-state index is 12.5. The van der Waals surface area contributed by atoms with E-state index in [-0.39, 0.29) is 22.9 Å². The predicted octanol–water partition coefficient (Wildman–Crippen LogP) is 1.16. The van der Waals surface area contributed by atoms with Crippen molar-refractivity contribution in [2.45, 2.75) is 30.0 Å². The van der Waals surface area contributed by atoms with Crippen LogP contribution in [-0.2, 0) is 19.6 Å². The largest absolute Gasteiger partial charge is 0.478 e. The number of esters is 1. The Morgan fingerprint density at radius 3 is 2.81 bits per heavy atom. The van der Waals surface area contributed by atoms with E-state index in [1.54, 1.807) is 6.92 Å². The van der Waals surface area contributed by atoms with Gasteiger partial charge in [-0.1, -0.05) is 0 Å². The monoisotopic (exact) mass is 333 g/mol. The fourth-order valence-electron chi connectivity index (χ4n) is 2.18. The first-order chi connectivity index (χ1) is 9.87. The van der Waals surface area contributed by atoms with Crippen molar-refractivity contribution in [3.05, 3.63) is 17.0 Å². The van der Waals surface area contributed by atoms with Crippen molar-refractivity contribution in [3.8, 4) is 0 Å². The number of rotatable bonds is 5. The molecule has 1 aliphatic rings. The molecule has 9 heteroatoms. The average Bonchev–Trinajstić information content (AvgIpc) is 3.09. The number of carboxylic acids is 1. The molecule has 1 unspecified atom stereocenters. The van der Waals surface area contributed by atoms with E-state index >= 15 is 0 Å². The number of ether oxygens (including phenoxy) is 1. The first kappa shape index (κ1) is 15.9. The molecule has 1 saturated heterocycles. The molecule has 1 atom stereocenters. The topological polar surface area (TPSA) is 101 Å². The highest BCUT2D eigenvalue weighted by atomic mass is 32.2. The van der Waals surface area contributed by atoms with Crippen LogP contribution in [0.3, 0.4) is 0 Å². The summed E-state index contributed by atoms with van der Waals surface area (Å²) < 4.78 is 31.0. The van der Waals surface area contributed by atoms with Gasteiger partial charge >= 0.3 is 11.9 Å². The van der Waals surface area contributed by atoms with Crippen LogP contribution >= 0.6 is 11.3 Å². The number of aromatic carboxylic acids is 1. The fourth-order valence-corrected chi connectivity index (χ4v) is 5.11. The zero-order valence-corrected chi connectivity index (χ0v) is 12.9. The van der Waals surface area contributed by atoms with Gasteiger partial charge in [0.2, 0.25) is 0 Å². The Balaban J connectivity index is 2.29. The molecule has 2 heterocycles. The molecule has 7 nitrogen and oxygen atoms in total. The van der Waals surface area contributed by atoms with Gasteiger partial charge in [-0.15, -0.1) is 11.3 Å². The molecule has 0 saturated carbocycles. The van der Waals surface area contributed by atoms with Gasteiger partial charge < -0.3 is 9.84 Å². The smallest absolute Gasteiger partial charge is 0.336 e. The second kappa shape index (κ2) is 6.12. The van der Waals surface area contributed by atoms with Crippen molar-refractivity contribution >= 4 is 33.3 Å². The van der Waals surface area contributed by atoms with E-state index in [2.05, 4.69) is 0 Å². The number of thiophene rings is 1. The lowest BCUT2D eigenvalue weighted by Gasteiger charge is -2.21. The number of carbonyl (C=O) groups excluding carboxylic acids is 1. The molecule has 1 aromatic rings. The predicted molar refractivity (Wildman–Crippen MR) is 74.8 cm³/mol. The van der Waals surface area contributed by atoms with Gasteiger partial charge in [0.1, 0.15) is 10.3 Å². The van der Waals surface area contributed by atoms with Gasteiger partial charge in [0, 0.05) is 11.9 Å². The molecule has 0 bridgehead atoms. The summed E-state index contributed by atoms with van der Waals surface area (Å²) in [5.41, 5.74) is -0.0783. The van der Waals surface area contributed by atoms with Crippen LogP contribution in [0, 0.1) is 0 Å². The first-order valence-electron chi connectivity index (χ1n) is 6.38. The van der Waals surface area contributed by atoms with Crippen LogP contribution in [0.25, 0.3) is 0 Å². The van der Waals surface area contributed by atoms with E-state index in [9.17, 15) is 18.0 Å². The average molecular weight is 333 g/mol. The van der Waals surface area contributed by atoms with Crippen molar-refractivity contribution in [3.63, 3.8) is 0 Å². The third-order valence-electron chi connectivity index (χ3n) is 3.15. The number of sulfonamides is 1. The Bertz CT molecular complexity index is 650. The Hall–Kier alpha value is -1.45. The third-order valence-corrected chi connectivity index (χ3v) is 6.47. The summed E-state index contributed by atoms with van der Waals surface area (Å²) in [6.07, 6.45) is 0.981. The maximum Gasteiger partial charge on any atom is 0.336 e. The number of carboxylic acid groups (broad SMARTS) is 1. The fraction of sp³-hybridized carbons (Fsp3) is 0.500. The van der Waals surface area contributed by atoms with Crippen LogP contribution in [-0.4, -0.2) is 49.0 Å². The number of nitrogens with zero attached hydrogens (tertiary/aromatic N) is 1. The summed E-state index contributed by atoms with van der Waals surface area (Å²) in [7, 11) is -3.88. The molecule has 1 aromatic heterocycles. The highest BCUT2D eigenvalue weighted by molar-refractivity contribution is 7.91. The summed E-state index contributed by atoms with van der Waals surface area (Å²) >= 11 is 0.836. The Morgan fingerprint density at radius 2 is 2.24 bits per heavy atom. The maximum absolute atomic E-state index is 12.5. The molecule has 21 heavy (non-hydrogen) atoms. The van der Waals surface area contributed by atoms with Crippen molar-refractivity contribution in [2.24, 2.45) is 0 Å². The quantitative estimate of drug-likeness (QED) is 0.812. The molecule has 0 aromatic carbocycles. The van der Waals surface area contributed by atoms with E-state index in [0.717, 1.165) is 21.7 Å². The van der Waals surface area contributed by atoms with E-state index in [1.165, 1.54) is 5.38 Å². The van der Waals surface area contributed by atoms with Crippen molar-refractivity contribution < 1.29 is 27.9 Å². The lowest BCUT2D eigenvalue weighted by atomic mass is 10.2. The number of carbonyl (C=O) groups is 2. The molecule has 0 amide bonds. The molecule has 0 aliphatic carbocycles. The van der Waals surface area contributed by atoms with Gasteiger partial charge in [-0.25, -0.2) is 13.2 Å². The Labute approximate surface area is 126 Å². The second-order valence-corrected chi connectivity index (χ2v) is 7.51. The lowest BCUT2D eigenvalue weighted by Crippen LogP contribution is -2.41. The van der Waals surface area contributed by atoms with Crippen LogP contribution < -0.4 is 0 Å². The van der Waals surface area contributed by atoms with Gasteiger partial charge in [-0.2, -0.15) is 4.31 Å². The summed E-state index contributed by atoms with van der Waals surface area (Å²) in [4.78, 5) is 22.7. The Kier molecular flexibility index (Phi) is 4.64. The van der Waals surface area contributed by atoms with Gasteiger partial charge in [0.25, 0.3) is 10.0 Å². The molecule has 116 valence electrons. The molecule has 1 fully saturated rings. The molecule has 2 rings (SSSR count). The minimum Gasteiger partial charge on any atom is -0.478 e. The van der Waals surface area contributed by atoms with Gasteiger partial charge in [-0.3, -0.25) is 4.79 Å². The zero-order chi connectivity index (χ0) is 15.6. The summed E-state index contributed by atoms with van der Waals surface area (Å²) in [5, 5.41) is 10.1. The van der Waals surface area contributed by atoms with E-state index in [0.29, 0.717) is 12.8 Å². The van der Waals surface area contributed by atoms with Crippen molar-refractivity contribution in [1.82, 2.24) is 4.31 Å². The molecule has 0 radical (unpaired) electrons. The molecule has 1 N–H and O–H groups in total. The second-order valence-electron chi connectivity index (χ2n) is 4.49. The first-order valence-corrected chi connectivity index (χ1v) is 8.70. The van der Waals surface area contributed by atoms with Crippen LogP contribution in [0.4, 0.5) is 0 Å². The summed E-state index contributed by atoms with van der Waals surface area (Å²) in [5.74, 6) is -1.75. The Morgan fingerprint density at radius 1 is 1.52 bits per heavy atom. The van der Waals surface area contributed by atoms with E-state index < -0.39 is 28.0 Å². The molecule has 1 aliphatic heterocycles. The van der Waals surface area contributed by atoms with Crippen LogP contribution in [0.5, 0.6) is 0 Å². The summed E-state index contributed by atoms with van der Waals surface area (Å²) in [6, 6.07) is 0.286. The molecular weight excluding hydrogens is 318 g/mol. The van der Waals surface area contributed by atoms with Crippen LogP contribution in [0.1, 0.15) is 30.1 Å². The van der Waals surface area contributed by atoms with Crippen LogP contribution in [0.2, 0.25) is 0 Å². The minimum atomic E-state index is -3.88. The van der Waals surface area contributed by atoms with Gasteiger partial charge in [0.05, 0.1) is 12.2 Å². The lowest BCUT2D eigenvalue weighted by molar-refractivity contribution is -0.146. The van der Waals surface area contributed by atoms with Crippen LogP contribution in [0.15, 0.2) is 15.7 Å². The zero-order valence-electron chi connectivity index (χ0n) is 11.3. The normalized spacial score (nSPS) is 19.6. The standard InChI is InChI=1S/C12H15NO6S2/c1-2-19-12(16)9-4-3-5-13(9)21(17,18)10-6-8(7-20-10)11(14)15/h6-7,9H,2-5H2,1H3,(H,14,15). The SMILES string of the molecule is CCOC(=O)C1CCCN1S(=O)(=O)c1cc(C(=O)O)cs1. The highest BCUT2D eigenvalue weighted by Crippen LogP contribution is 2.30. The highest BCUT2D eigenvalue weighted by Gasteiger charge is 2.41. The number of hydrogen-bond acceptors (Lipinski definition) is 6. The third kappa shape index (κ3) is 3.09. The molecular formula is C12H15NO6S2. The molecule has 0 spiro atoms.